The molecular weight excluding hydrogens is 256 g/mol. The lowest BCUT2D eigenvalue weighted by Crippen LogP contribution is -2.39. The minimum absolute atomic E-state index is 0.183. The Hall–Kier alpha value is -1.84. The molecule has 0 radical (unpaired) electrons. The molecule has 0 heterocycles. The van der Waals surface area contributed by atoms with Crippen LogP contribution in [0.25, 0.3) is 0 Å². The van der Waals surface area contributed by atoms with Crippen molar-refractivity contribution in [2.75, 3.05) is 0 Å². The van der Waals surface area contributed by atoms with Crippen LogP contribution in [0.2, 0.25) is 0 Å². The normalized spacial score (nSPS) is 12.4. The minimum atomic E-state index is -4.19. The van der Waals surface area contributed by atoms with Gasteiger partial charge in [0.1, 0.15) is 0 Å². The Kier molecular flexibility index (Phi) is 3.60. The fourth-order valence-electron chi connectivity index (χ4n) is 1.82. The van der Waals surface area contributed by atoms with E-state index in [2.05, 4.69) is 0 Å². The smallest absolute Gasteiger partial charge is 0.199 e. The molecular formula is C15H12F4. The minimum Gasteiger partial charge on any atom is -0.199 e. The Morgan fingerprint density at radius 1 is 0.684 bits per heavy atom. The summed E-state index contributed by atoms with van der Waals surface area (Å²) in [5.74, 6) is -8.32. The molecule has 2 aromatic rings. The molecule has 0 saturated carbocycles. The third-order valence-electron chi connectivity index (χ3n) is 2.86. The highest BCUT2D eigenvalue weighted by Crippen LogP contribution is 2.44. The molecule has 0 amide bonds. The van der Waals surface area contributed by atoms with Crippen molar-refractivity contribution < 1.29 is 17.6 Å². The van der Waals surface area contributed by atoms with Gasteiger partial charge < -0.3 is 0 Å². The third kappa shape index (κ3) is 2.78. The van der Waals surface area contributed by atoms with Crippen molar-refractivity contribution in [3.05, 3.63) is 71.8 Å². The quantitative estimate of drug-likeness (QED) is 0.708. The maximum Gasteiger partial charge on any atom is 0.335 e. The van der Waals surface area contributed by atoms with Gasteiger partial charge in [-0.1, -0.05) is 60.7 Å². The predicted octanol–water partition coefficient (Wildman–Crippen LogP) is 4.66. The highest BCUT2D eigenvalue weighted by molar-refractivity contribution is 5.25. The van der Waals surface area contributed by atoms with E-state index in [1.165, 1.54) is 30.3 Å². The van der Waals surface area contributed by atoms with Gasteiger partial charge >= 0.3 is 11.8 Å². The summed E-state index contributed by atoms with van der Waals surface area (Å²) in [6, 6.07) is 13.7. The molecule has 0 bridgehead atoms. The molecule has 0 aliphatic rings. The van der Waals surface area contributed by atoms with E-state index in [1.54, 1.807) is 18.2 Å². The van der Waals surface area contributed by atoms with Crippen LogP contribution in [0.5, 0.6) is 0 Å². The number of hydrogen-bond donors (Lipinski definition) is 0. The predicted molar refractivity (Wildman–Crippen MR) is 65.4 cm³/mol. The topological polar surface area (TPSA) is 0 Å². The lowest BCUT2D eigenvalue weighted by Gasteiger charge is -2.27. The molecule has 19 heavy (non-hydrogen) atoms. The number of alkyl halides is 4. The lowest BCUT2D eigenvalue weighted by molar-refractivity contribution is -0.215. The highest BCUT2D eigenvalue weighted by Gasteiger charge is 2.56. The van der Waals surface area contributed by atoms with Crippen LogP contribution in [0.4, 0.5) is 17.6 Å². The van der Waals surface area contributed by atoms with Gasteiger partial charge in [-0.2, -0.15) is 17.6 Å². The van der Waals surface area contributed by atoms with Crippen LogP contribution in [0.1, 0.15) is 11.1 Å². The van der Waals surface area contributed by atoms with Crippen molar-refractivity contribution in [3.63, 3.8) is 0 Å². The zero-order chi connectivity index (χ0) is 13.9. The molecule has 2 aromatic carbocycles. The van der Waals surface area contributed by atoms with Crippen molar-refractivity contribution in [2.24, 2.45) is 0 Å². The van der Waals surface area contributed by atoms with Crippen molar-refractivity contribution in [1.82, 2.24) is 0 Å². The van der Waals surface area contributed by atoms with Gasteiger partial charge in [0.15, 0.2) is 0 Å². The summed E-state index contributed by atoms with van der Waals surface area (Å²) in [5, 5.41) is 0. The van der Waals surface area contributed by atoms with E-state index in [1.807, 2.05) is 0 Å². The SMILES string of the molecule is FC(F)(Cc1ccccc1)C(F)(F)c1ccccc1. The Labute approximate surface area is 108 Å². The van der Waals surface area contributed by atoms with Gasteiger partial charge in [-0.15, -0.1) is 0 Å². The molecule has 0 N–H and O–H groups in total. The summed E-state index contributed by atoms with van der Waals surface area (Å²) < 4.78 is 55.4. The molecule has 0 atom stereocenters. The summed E-state index contributed by atoms with van der Waals surface area (Å²) >= 11 is 0. The van der Waals surface area contributed by atoms with E-state index in [4.69, 9.17) is 0 Å². The number of halogens is 4. The van der Waals surface area contributed by atoms with Crippen molar-refractivity contribution >= 4 is 0 Å². The second-order valence-corrected chi connectivity index (χ2v) is 4.31. The van der Waals surface area contributed by atoms with Gasteiger partial charge in [0.05, 0.1) is 0 Å². The van der Waals surface area contributed by atoms with Crippen molar-refractivity contribution in [1.29, 1.82) is 0 Å². The van der Waals surface area contributed by atoms with Gasteiger partial charge in [-0.3, -0.25) is 0 Å². The van der Waals surface area contributed by atoms with Crippen LogP contribution in [0.3, 0.4) is 0 Å². The molecule has 0 saturated heterocycles. The first-order chi connectivity index (χ1) is 8.93. The zero-order valence-corrected chi connectivity index (χ0v) is 9.99. The van der Waals surface area contributed by atoms with E-state index in [0.717, 1.165) is 12.1 Å². The molecule has 0 aliphatic heterocycles. The number of rotatable bonds is 4. The summed E-state index contributed by atoms with van der Waals surface area (Å²) in [6.45, 7) is 0. The highest BCUT2D eigenvalue weighted by atomic mass is 19.3. The summed E-state index contributed by atoms with van der Waals surface area (Å²) in [7, 11) is 0. The fraction of sp³-hybridized carbons (Fsp3) is 0.200. The first-order valence-corrected chi connectivity index (χ1v) is 5.78. The van der Waals surface area contributed by atoms with Crippen LogP contribution in [0.15, 0.2) is 60.7 Å². The maximum atomic E-state index is 13.9. The molecule has 0 unspecified atom stereocenters. The molecule has 0 spiro atoms. The summed E-state index contributed by atoms with van der Waals surface area (Å²) in [6.07, 6.45) is -0.990. The molecule has 4 heteroatoms. The van der Waals surface area contributed by atoms with Gasteiger partial charge in [-0.25, -0.2) is 0 Å². The standard InChI is InChI=1S/C15H12F4/c16-14(17,11-12-7-3-1-4-8-12)15(18,19)13-9-5-2-6-10-13/h1-10H,11H2. The molecule has 0 nitrogen and oxygen atoms in total. The van der Waals surface area contributed by atoms with Crippen LogP contribution < -0.4 is 0 Å². The average molecular weight is 268 g/mol. The van der Waals surface area contributed by atoms with Gasteiger partial charge in [0.2, 0.25) is 0 Å². The van der Waals surface area contributed by atoms with E-state index in [-0.39, 0.29) is 5.56 Å². The van der Waals surface area contributed by atoms with Gasteiger partial charge in [0, 0.05) is 12.0 Å². The Morgan fingerprint density at radius 2 is 1.16 bits per heavy atom. The molecule has 100 valence electrons. The van der Waals surface area contributed by atoms with Crippen LogP contribution in [0, 0.1) is 0 Å². The third-order valence-corrected chi connectivity index (χ3v) is 2.86. The second kappa shape index (κ2) is 5.03. The Bertz CT molecular complexity index is 520. The molecule has 0 fully saturated rings. The molecule has 2 rings (SSSR count). The average Bonchev–Trinajstić information content (AvgIpc) is 2.40. The van der Waals surface area contributed by atoms with Crippen molar-refractivity contribution in [3.8, 4) is 0 Å². The van der Waals surface area contributed by atoms with E-state index in [9.17, 15) is 17.6 Å². The lowest BCUT2D eigenvalue weighted by atomic mass is 9.96. The first kappa shape index (κ1) is 13.6. The summed E-state index contributed by atoms with van der Waals surface area (Å²) in [5.41, 5.74) is -0.487. The second-order valence-electron chi connectivity index (χ2n) is 4.31. The van der Waals surface area contributed by atoms with E-state index < -0.39 is 23.8 Å². The largest absolute Gasteiger partial charge is 0.335 e. The van der Waals surface area contributed by atoms with Crippen molar-refractivity contribution in [2.45, 2.75) is 18.3 Å². The Morgan fingerprint density at radius 3 is 1.68 bits per heavy atom. The van der Waals surface area contributed by atoms with E-state index >= 15 is 0 Å². The van der Waals surface area contributed by atoms with Crippen LogP contribution >= 0.6 is 0 Å². The van der Waals surface area contributed by atoms with Gasteiger partial charge in [0.25, 0.3) is 0 Å². The monoisotopic (exact) mass is 268 g/mol. The Balaban J connectivity index is 2.28. The first-order valence-electron chi connectivity index (χ1n) is 5.78. The fourth-order valence-corrected chi connectivity index (χ4v) is 1.82. The summed E-state index contributed by atoms with van der Waals surface area (Å²) in [4.78, 5) is 0. The maximum absolute atomic E-state index is 13.9. The molecule has 0 aromatic heterocycles. The van der Waals surface area contributed by atoms with E-state index in [0.29, 0.717) is 0 Å². The van der Waals surface area contributed by atoms with Crippen LogP contribution in [-0.2, 0) is 12.3 Å². The number of benzene rings is 2. The molecule has 0 aliphatic carbocycles. The number of hydrogen-bond acceptors (Lipinski definition) is 0. The van der Waals surface area contributed by atoms with Crippen LogP contribution in [-0.4, -0.2) is 5.92 Å². The van der Waals surface area contributed by atoms with Gasteiger partial charge in [-0.05, 0) is 5.56 Å². The zero-order valence-electron chi connectivity index (χ0n) is 9.99.